The predicted molar refractivity (Wildman–Crippen MR) is 68.5 cm³/mol. The number of nitrogens with zero attached hydrogens (tertiary/aromatic N) is 3. The number of amidine groups is 1. The van der Waals surface area contributed by atoms with Gasteiger partial charge in [-0.3, -0.25) is 0 Å². The van der Waals surface area contributed by atoms with Gasteiger partial charge in [0.05, 0.1) is 0 Å². The van der Waals surface area contributed by atoms with Crippen LogP contribution in [0.15, 0.2) is 23.2 Å². The van der Waals surface area contributed by atoms with Crippen LogP contribution in [-0.4, -0.2) is 36.7 Å². The van der Waals surface area contributed by atoms with E-state index in [1.54, 1.807) is 6.07 Å². The van der Waals surface area contributed by atoms with Crippen molar-refractivity contribution in [3.8, 4) is 0 Å². The van der Waals surface area contributed by atoms with Crippen molar-refractivity contribution in [3.63, 3.8) is 0 Å². The molecule has 0 saturated heterocycles. The van der Waals surface area contributed by atoms with Gasteiger partial charge in [-0.2, -0.15) is 0 Å². The number of pyridine rings is 1. The molecular weight excluding hydrogens is 240 g/mol. The lowest BCUT2D eigenvalue weighted by atomic mass is 10.3. The molecule has 1 aromatic rings. The second-order valence-corrected chi connectivity index (χ2v) is 4.18. The Labute approximate surface area is 105 Å². The number of halogens is 1. The molecule has 2 heterocycles. The van der Waals surface area contributed by atoms with E-state index in [9.17, 15) is 0 Å². The number of aromatic nitrogens is 1. The van der Waals surface area contributed by atoms with Crippen LogP contribution < -0.4 is 10.6 Å². The average Bonchev–Trinajstić information content (AvgIpc) is 2.72. The number of aliphatic imine (C=N–C) groups is 1. The molecule has 1 aliphatic heterocycles. The van der Waals surface area contributed by atoms with Gasteiger partial charge in [-0.15, -0.1) is 0 Å². The molecule has 1 aliphatic rings. The number of hydrogen-bond donors (Lipinski definition) is 1. The summed E-state index contributed by atoms with van der Waals surface area (Å²) in [5.41, 5.74) is 5.48. The second-order valence-electron chi connectivity index (χ2n) is 3.79. The maximum absolute atomic E-state index is 5.88. The van der Waals surface area contributed by atoms with E-state index in [4.69, 9.17) is 22.1 Å². The average molecular weight is 255 g/mol. The first-order chi connectivity index (χ1) is 8.19. The van der Waals surface area contributed by atoms with Crippen LogP contribution in [0, 0.1) is 0 Å². The van der Waals surface area contributed by atoms with Gasteiger partial charge in [-0.05, 0) is 19.1 Å². The molecule has 0 spiro atoms. The Bertz CT molecular complexity index is 424. The third kappa shape index (κ3) is 3.00. The van der Waals surface area contributed by atoms with Crippen molar-refractivity contribution < 1.29 is 4.74 Å². The van der Waals surface area contributed by atoms with Crippen molar-refractivity contribution in [1.29, 1.82) is 0 Å². The molecule has 1 atom stereocenters. The molecule has 0 amide bonds. The molecule has 0 aromatic carbocycles. The Hall–Kier alpha value is -1.49. The van der Waals surface area contributed by atoms with E-state index < -0.39 is 0 Å². The van der Waals surface area contributed by atoms with Gasteiger partial charge in [-0.25, -0.2) is 9.98 Å². The first-order valence-corrected chi connectivity index (χ1v) is 5.90. The molecule has 0 aliphatic carbocycles. The molecule has 0 saturated carbocycles. The Morgan fingerprint density at radius 2 is 2.41 bits per heavy atom. The Balaban J connectivity index is 2.06. The van der Waals surface area contributed by atoms with Crippen LogP contribution in [-0.2, 0) is 4.74 Å². The highest BCUT2D eigenvalue weighted by Gasteiger charge is 2.20. The first kappa shape index (κ1) is 12.0. The molecule has 0 bridgehead atoms. The first-order valence-electron chi connectivity index (χ1n) is 5.52. The van der Waals surface area contributed by atoms with Crippen molar-refractivity contribution in [2.24, 2.45) is 10.7 Å². The summed E-state index contributed by atoms with van der Waals surface area (Å²) >= 11 is 5.88. The molecule has 6 heteroatoms. The number of anilines is 1. The fraction of sp³-hybridized carbons (Fsp3) is 0.455. The lowest BCUT2D eigenvalue weighted by molar-refractivity contribution is 0.313. The maximum atomic E-state index is 5.88. The summed E-state index contributed by atoms with van der Waals surface area (Å²) in [6, 6.07) is 5.91. The van der Waals surface area contributed by atoms with Crippen LogP contribution in [0.1, 0.15) is 6.92 Å². The maximum Gasteiger partial charge on any atom is 0.282 e. The summed E-state index contributed by atoms with van der Waals surface area (Å²) in [5.74, 6) is 0.848. The monoisotopic (exact) mass is 254 g/mol. The van der Waals surface area contributed by atoms with E-state index in [0.717, 1.165) is 18.9 Å². The topological polar surface area (TPSA) is 63.7 Å². The summed E-state index contributed by atoms with van der Waals surface area (Å²) in [5, 5.41) is 0.492. The van der Waals surface area contributed by atoms with Crippen LogP contribution >= 0.6 is 11.6 Å². The van der Waals surface area contributed by atoms with Crippen LogP contribution in [0.2, 0.25) is 5.15 Å². The molecule has 2 N–H and O–H groups in total. The summed E-state index contributed by atoms with van der Waals surface area (Å²) < 4.78 is 5.13. The molecule has 17 heavy (non-hydrogen) atoms. The van der Waals surface area contributed by atoms with Crippen molar-refractivity contribution >= 4 is 23.4 Å². The molecule has 2 rings (SSSR count). The predicted octanol–water partition coefficient (Wildman–Crippen LogP) is 1.27. The zero-order valence-electron chi connectivity index (χ0n) is 9.64. The van der Waals surface area contributed by atoms with E-state index in [0.29, 0.717) is 11.8 Å². The summed E-state index contributed by atoms with van der Waals surface area (Å²) in [4.78, 5) is 10.6. The highest BCUT2D eigenvalue weighted by Crippen LogP contribution is 2.16. The van der Waals surface area contributed by atoms with Crippen LogP contribution in [0.5, 0.6) is 0 Å². The number of ether oxygens (including phenoxy) is 1. The van der Waals surface area contributed by atoms with Crippen LogP contribution in [0.25, 0.3) is 0 Å². The van der Waals surface area contributed by atoms with Crippen molar-refractivity contribution in [3.05, 3.63) is 23.4 Å². The van der Waals surface area contributed by atoms with Gasteiger partial charge in [0, 0.05) is 13.1 Å². The normalized spacial score (nSPS) is 18.7. The zero-order chi connectivity index (χ0) is 12.3. The Kier molecular flexibility index (Phi) is 3.68. The molecule has 0 radical (unpaired) electrons. The van der Waals surface area contributed by atoms with Crippen molar-refractivity contribution in [1.82, 2.24) is 4.98 Å². The minimum atomic E-state index is 0.0655. The summed E-state index contributed by atoms with van der Waals surface area (Å²) in [6.45, 7) is 4.15. The smallest absolute Gasteiger partial charge is 0.282 e. The lowest BCUT2D eigenvalue weighted by Gasteiger charge is -2.23. The van der Waals surface area contributed by atoms with E-state index in [1.165, 1.54) is 0 Å². The van der Waals surface area contributed by atoms with E-state index >= 15 is 0 Å². The highest BCUT2D eigenvalue weighted by molar-refractivity contribution is 6.29. The second kappa shape index (κ2) is 5.23. The van der Waals surface area contributed by atoms with Crippen LogP contribution in [0.4, 0.5) is 5.82 Å². The van der Waals surface area contributed by atoms with Gasteiger partial charge in [0.2, 0.25) is 0 Å². The fourth-order valence-electron chi connectivity index (χ4n) is 1.74. The SMILES string of the molecule is CCN(C[C@H]1COC(N)=N1)c1cccc(Cl)n1. The fourth-order valence-corrected chi connectivity index (χ4v) is 1.90. The molecule has 1 aromatic heterocycles. The number of nitrogens with two attached hydrogens (primary N) is 1. The van der Waals surface area contributed by atoms with E-state index in [2.05, 4.69) is 21.8 Å². The quantitative estimate of drug-likeness (QED) is 0.822. The van der Waals surface area contributed by atoms with Gasteiger partial charge in [0.1, 0.15) is 23.6 Å². The van der Waals surface area contributed by atoms with Crippen molar-refractivity contribution in [2.45, 2.75) is 13.0 Å². The molecular formula is C11H15ClN4O. The third-order valence-electron chi connectivity index (χ3n) is 2.57. The Morgan fingerprint density at radius 1 is 1.59 bits per heavy atom. The van der Waals surface area contributed by atoms with Gasteiger partial charge >= 0.3 is 0 Å². The standard InChI is InChI=1S/C11H15ClN4O/c1-2-16(6-8-7-17-11(13)14-8)10-5-3-4-9(12)15-10/h3-5,8H,2,6-7H2,1H3,(H2,13,14)/t8-/m0/s1. The third-order valence-corrected chi connectivity index (χ3v) is 2.78. The highest BCUT2D eigenvalue weighted by atomic mass is 35.5. The van der Waals surface area contributed by atoms with E-state index in [-0.39, 0.29) is 12.1 Å². The van der Waals surface area contributed by atoms with E-state index in [1.807, 2.05) is 12.1 Å². The summed E-state index contributed by atoms with van der Waals surface area (Å²) in [6.07, 6.45) is 0. The number of rotatable bonds is 4. The molecule has 92 valence electrons. The lowest BCUT2D eigenvalue weighted by Crippen LogP contribution is -2.32. The molecule has 5 nitrogen and oxygen atoms in total. The minimum absolute atomic E-state index is 0.0655. The zero-order valence-corrected chi connectivity index (χ0v) is 10.4. The van der Waals surface area contributed by atoms with Crippen molar-refractivity contribution in [2.75, 3.05) is 24.6 Å². The number of likely N-dealkylation sites (N-methyl/N-ethyl adjacent to an activating group) is 1. The Morgan fingerprint density at radius 3 is 3.00 bits per heavy atom. The largest absolute Gasteiger partial charge is 0.463 e. The molecule has 0 fully saturated rings. The molecule has 0 unspecified atom stereocenters. The van der Waals surface area contributed by atoms with Gasteiger partial charge in [-0.1, -0.05) is 17.7 Å². The van der Waals surface area contributed by atoms with Gasteiger partial charge in [0.15, 0.2) is 0 Å². The van der Waals surface area contributed by atoms with Crippen LogP contribution in [0.3, 0.4) is 0 Å². The summed E-state index contributed by atoms with van der Waals surface area (Å²) in [7, 11) is 0. The van der Waals surface area contributed by atoms with Gasteiger partial charge < -0.3 is 15.4 Å². The minimum Gasteiger partial charge on any atom is -0.463 e. The van der Waals surface area contributed by atoms with Gasteiger partial charge in [0.25, 0.3) is 6.02 Å². The number of hydrogen-bond acceptors (Lipinski definition) is 5.